The van der Waals surface area contributed by atoms with E-state index in [4.69, 9.17) is 19.9 Å². The van der Waals surface area contributed by atoms with Gasteiger partial charge in [-0.05, 0) is 170 Å². The Morgan fingerprint density at radius 1 is 0.140 bits per heavy atom. The van der Waals surface area contributed by atoms with Crippen molar-refractivity contribution in [2.75, 3.05) is 0 Å². The molecule has 28 aromatic rings. The molecule has 0 atom stereocenters. The Morgan fingerprint density at radius 2 is 0.324 bits per heavy atom. The predicted molar refractivity (Wildman–Crippen MR) is 537 cm³/mol. The topological polar surface area (TPSA) is 246 Å². The highest BCUT2D eigenvalue weighted by molar-refractivity contribution is 6.24. The third-order valence-electron chi connectivity index (χ3n) is 24.9. The number of hydrogen-bond acceptors (Lipinski definition) is 16. The van der Waals surface area contributed by atoms with Gasteiger partial charge in [0.15, 0.2) is 0 Å². The van der Waals surface area contributed by atoms with Gasteiger partial charge in [-0.2, -0.15) is 0 Å². The smallest absolute Gasteiger partial charge is 0.145 e. The summed E-state index contributed by atoms with van der Waals surface area (Å²) in [5, 5.41) is 9.19. The number of para-hydroxylation sites is 8. The van der Waals surface area contributed by atoms with Crippen molar-refractivity contribution in [2.45, 2.75) is 0 Å². The van der Waals surface area contributed by atoms with Gasteiger partial charge in [0, 0.05) is 138 Å². The first-order chi connectivity index (χ1) is 67.6. The van der Waals surface area contributed by atoms with E-state index in [0.717, 1.165) is 201 Å². The quantitative estimate of drug-likeness (QED) is 0.110. The molecule has 0 saturated carbocycles. The van der Waals surface area contributed by atoms with Gasteiger partial charge < -0.3 is 18.3 Å². The van der Waals surface area contributed by atoms with Gasteiger partial charge in [0.1, 0.15) is 48.6 Å². The van der Waals surface area contributed by atoms with Crippen LogP contribution in [0.15, 0.2) is 440 Å². The summed E-state index contributed by atoms with van der Waals surface area (Å²) < 4.78 is 17.7. The molecule has 24 heteroatoms. The number of aromatic nitrogens is 24. The molecule has 16 aromatic heterocycles. The SMILES string of the molecule is c1ccc(-n2c3ccccc3c3c4nc(-c5ccncc5)n(-c5cncnc5)c4ccc32)cc1.c1ccc(-n2c3ccccc3c3c4nc(-c5ccncc5)n(-c5cncnc5)c4ccc32)cc1.c1ccc(-n2c3ccccc3c3c4nc(-c5ccncc5)n(-c5cncnc5)c4ccc32)cc1.c1ccc(-n2c3ccccc3c3c4nc(-c5ccncc5)n(-c5cncnc5)c4ccc32)cc1. The molecule has 136 heavy (non-hydrogen) atoms. The number of benzene rings is 12. The number of imidazole rings is 4. The van der Waals surface area contributed by atoms with Crippen LogP contribution in [0.1, 0.15) is 0 Å². The average Bonchev–Trinajstić information content (AvgIpc) is 1.57. The molecule has 0 unspecified atom stereocenters. The molecule has 640 valence electrons. The molecule has 24 nitrogen and oxygen atoms in total. The minimum Gasteiger partial charge on any atom is -0.309 e. The zero-order chi connectivity index (χ0) is 89.9. The summed E-state index contributed by atoms with van der Waals surface area (Å²) in [5.41, 5.74) is 28.8. The number of hydrogen-bond donors (Lipinski definition) is 0. The second kappa shape index (κ2) is 33.6. The second-order valence-electron chi connectivity index (χ2n) is 32.5. The number of rotatable bonds is 12. The Kier molecular flexibility index (Phi) is 19.5. The minimum atomic E-state index is 0.830. The van der Waals surface area contributed by atoms with Crippen LogP contribution in [0.4, 0.5) is 0 Å². The van der Waals surface area contributed by atoms with Crippen molar-refractivity contribution in [1.82, 2.24) is 116 Å². The molecule has 0 saturated heterocycles. The molecule has 0 bridgehead atoms. The first-order valence-electron chi connectivity index (χ1n) is 44.2. The van der Waals surface area contributed by atoms with Gasteiger partial charge in [0.05, 0.1) is 161 Å². The van der Waals surface area contributed by atoms with Gasteiger partial charge in [-0.3, -0.25) is 38.2 Å². The molecule has 0 aliphatic heterocycles. The predicted octanol–water partition coefficient (Wildman–Crippen LogP) is 23.9. The van der Waals surface area contributed by atoms with Crippen molar-refractivity contribution in [3.8, 4) is 91.1 Å². The van der Waals surface area contributed by atoms with E-state index < -0.39 is 0 Å². The highest BCUT2D eigenvalue weighted by Crippen LogP contribution is 2.46. The lowest BCUT2D eigenvalue weighted by Gasteiger charge is -2.09. The number of pyridine rings is 4. The Hall–Kier alpha value is -19.4. The molecule has 0 radical (unpaired) electrons. The van der Waals surface area contributed by atoms with E-state index in [1.165, 1.54) is 21.5 Å². The van der Waals surface area contributed by atoms with E-state index in [0.29, 0.717) is 0 Å². The first kappa shape index (κ1) is 78.9. The number of nitrogens with zero attached hydrogens (tertiary/aromatic N) is 24. The molecule has 0 N–H and O–H groups in total. The first-order valence-corrected chi connectivity index (χ1v) is 44.2. The summed E-state index contributed by atoms with van der Waals surface area (Å²) in [6, 6.07) is 109. The molecule has 0 fully saturated rings. The maximum atomic E-state index is 5.21. The second-order valence-corrected chi connectivity index (χ2v) is 32.5. The fourth-order valence-corrected chi connectivity index (χ4v) is 19.3. The van der Waals surface area contributed by atoms with Crippen LogP contribution in [0.5, 0.6) is 0 Å². The molecule has 28 rings (SSSR count). The Morgan fingerprint density at radius 3 is 0.529 bits per heavy atom. The van der Waals surface area contributed by atoms with Crippen molar-refractivity contribution in [2.24, 2.45) is 0 Å². The number of fused-ring (bicyclic) bond motifs is 20. The van der Waals surface area contributed by atoms with E-state index in [1.54, 1.807) is 74.9 Å². The summed E-state index contributed by atoms with van der Waals surface area (Å²) in [7, 11) is 0. The van der Waals surface area contributed by atoms with Gasteiger partial charge in [0.25, 0.3) is 0 Å². The highest BCUT2D eigenvalue weighted by Gasteiger charge is 2.28. The lowest BCUT2D eigenvalue weighted by atomic mass is 10.1. The van der Waals surface area contributed by atoms with Crippen molar-refractivity contribution in [1.29, 1.82) is 0 Å². The summed E-state index contributed by atoms with van der Waals surface area (Å²) in [4.78, 5) is 71.7. The fourth-order valence-electron chi connectivity index (χ4n) is 19.3. The summed E-state index contributed by atoms with van der Waals surface area (Å²) in [6.07, 6.45) is 35.0. The van der Waals surface area contributed by atoms with Gasteiger partial charge in [-0.25, -0.2) is 59.8 Å². The summed E-state index contributed by atoms with van der Waals surface area (Å²) >= 11 is 0. The standard InChI is InChI=1S/4C28H18N6/c4*1-2-6-20(7-3-1)33-23-9-5-4-8-22(23)26-24(33)10-11-25-27(26)32-28(19-12-14-29-15-13-19)34(25)21-16-30-18-31-17-21/h4*1-18H. The molecule has 0 spiro atoms. The zero-order valence-corrected chi connectivity index (χ0v) is 72.3. The van der Waals surface area contributed by atoms with Crippen LogP contribution in [0.25, 0.3) is 222 Å². The molecule has 0 aliphatic carbocycles. The third kappa shape index (κ3) is 13.4. The lowest BCUT2D eigenvalue weighted by molar-refractivity contribution is 1.04. The Bertz CT molecular complexity index is 8220. The Balaban J connectivity index is 0.0000000965. The molecular weight excluding hydrogens is 1680 g/mol. The van der Waals surface area contributed by atoms with Gasteiger partial charge >= 0.3 is 0 Å². The van der Waals surface area contributed by atoms with Crippen LogP contribution in [0, 0.1) is 0 Å². The van der Waals surface area contributed by atoms with Crippen molar-refractivity contribution >= 4 is 131 Å². The lowest BCUT2D eigenvalue weighted by Crippen LogP contribution is -1.99. The van der Waals surface area contributed by atoms with Gasteiger partial charge in [-0.1, -0.05) is 146 Å². The van der Waals surface area contributed by atoms with E-state index in [2.05, 4.69) is 339 Å². The zero-order valence-electron chi connectivity index (χ0n) is 72.3. The molecule has 0 aliphatic rings. The van der Waals surface area contributed by atoms with Gasteiger partial charge in [0.2, 0.25) is 0 Å². The van der Waals surface area contributed by atoms with Crippen LogP contribution in [0.3, 0.4) is 0 Å². The van der Waals surface area contributed by atoms with Crippen molar-refractivity contribution in [3.63, 3.8) is 0 Å². The maximum absolute atomic E-state index is 5.21. The monoisotopic (exact) mass is 1750 g/mol. The Labute approximate surface area is 773 Å². The minimum absolute atomic E-state index is 0.830. The van der Waals surface area contributed by atoms with Gasteiger partial charge in [-0.15, -0.1) is 0 Å². The summed E-state index contributed by atoms with van der Waals surface area (Å²) in [5.74, 6) is 3.32. The van der Waals surface area contributed by atoms with Crippen LogP contribution in [-0.4, -0.2) is 116 Å². The van der Waals surface area contributed by atoms with Crippen molar-refractivity contribution in [3.05, 3.63) is 440 Å². The van der Waals surface area contributed by atoms with Crippen LogP contribution in [-0.2, 0) is 0 Å². The van der Waals surface area contributed by atoms with Crippen molar-refractivity contribution < 1.29 is 0 Å². The molecule has 0 amide bonds. The van der Waals surface area contributed by atoms with Crippen LogP contribution in [0.2, 0.25) is 0 Å². The van der Waals surface area contributed by atoms with E-state index in [1.807, 2.05) is 122 Å². The van der Waals surface area contributed by atoms with E-state index in [9.17, 15) is 0 Å². The van der Waals surface area contributed by atoms with Crippen LogP contribution < -0.4 is 0 Å². The summed E-state index contributed by atoms with van der Waals surface area (Å²) in [6.45, 7) is 0. The van der Waals surface area contributed by atoms with E-state index >= 15 is 0 Å². The molecular formula is C112H72N24. The normalized spacial score (nSPS) is 11.5. The largest absolute Gasteiger partial charge is 0.309 e. The highest BCUT2D eigenvalue weighted by atomic mass is 15.2. The average molecular weight is 1750 g/mol. The fraction of sp³-hybridized carbons (Fsp3) is 0. The van der Waals surface area contributed by atoms with Crippen LogP contribution >= 0.6 is 0 Å². The maximum Gasteiger partial charge on any atom is 0.145 e. The molecule has 12 aromatic carbocycles. The third-order valence-corrected chi connectivity index (χ3v) is 24.9. The molecule has 16 heterocycles. The van der Waals surface area contributed by atoms with E-state index in [-0.39, 0.29) is 0 Å².